The number of halogens is 2. The van der Waals surface area contributed by atoms with E-state index in [1.54, 1.807) is 27.7 Å². The Morgan fingerprint density at radius 1 is 1.24 bits per heavy atom. The Bertz CT molecular complexity index is 530. The van der Waals surface area contributed by atoms with Gasteiger partial charge in [0.2, 0.25) is 0 Å². The third-order valence-electron chi connectivity index (χ3n) is 3.45. The van der Waals surface area contributed by atoms with Gasteiger partial charge in [-0.2, -0.15) is 0 Å². The van der Waals surface area contributed by atoms with E-state index in [0.29, 0.717) is 0 Å². The molecule has 5 heteroatoms. The molecule has 0 heterocycles. The molecule has 0 radical (unpaired) electrons. The number of rotatable bonds is 3. The van der Waals surface area contributed by atoms with Crippen LogP contribution in [0.1, 0.15) is 58.7 Å². The molecule has 0 aliphatic rings. The Labute approximate surface area is 124 Å². The summed E-state index contributed by atoms with van der Waals surface area (Å²) in [5.74, 6) is -0.596. The lowest BCUT2D eigenvalue weighted by Gasteiger charge is -2.38. The largest absolute Gasteiger partial charge is 0.465 e. The van der Waals surface area contributed by atoms with Crippen LogP contribution < -0.4 is 0 Å². The normalized spacial score (nSPS) is 13.9. The van der Waals surface area contributed by atoms with Gasteiger partial charge >= 0.3 is 6.09 Å². The van der Waals surface area contributed by atoms with Crippen molar-refractivity contribution in [3.63, 3.8) is 0 Å². The molecule has 0 saturated heterocycles. The molecule has 1 amide bonds. The second-order valence-electron chi connectivity index (χ2n) is 6.71. The van der Waals surface area contributed by atoms with Crippen LogP contribution in [-0.4, -0.2) is 21.6 Å². The fourth-order valence-corrected chi connectivity index (χ4v) is 2.41. The minimum absolute atomic E-state index is 0.230. The number of carboxylic acid groups (broad SMARTS) is 1. The number of nitrogens with zero attached hydrogens (tertiary/aromatic N) is 1. The van der Waals surface area contributed by atoms with Gasteiger partial charge in [-0.3, -0.25) is 4.90 Å². The smallest absolute Gasteiger partial charge is 0.408 e. The summed E-state index contributed by atoms with van der Waals surface area (Å²) in [6.45, 7) is 9.56. The number of hydrogen-bond donors (Lipinski definition) is 1. The van der Waals surface area contributed by atoms with Crippen molar-refractivity contribution in [2.75, 3.05) is 0 Å². The maximum Gasteiger partial charge on any atom is 0.408 e. The second-order valence-corrected chi connectivity index (χ2v) is 6.71. The molecule has 1 unspecified atom stereocenters. The van der Waals surface area contributed by atoms with E-state index in [4.69, 9.17) is 0 Å². The molecule has 1 rings (SSSR count). The molecule has 1 N–H and O–H groups in total. The van der Waals surface area contributed by atoms with E-state index in [2.05, 4.69) is 0 Å². The fourth-order valence-electron chi connectivity index (χ4n) is 2.41. The number of alkyl halides is 1. The minimum atomic E-state index is -1.64. The molecule has 1 atom stereocenters. The van der Waals surface area contributed by atoms with Gasteiger partial charge in [0.05, 0.1) is 6.04 Å². The lowest BCUT2D eigenvalue weighted by Crippen LogP contribution is -2.46. The molecule has 0 spiro atoms. The Kier molecular flexibility index (Phi) is 4.66. The SMILES string of the molecule is CC(c1ccc(C(C)(C)F)cc1F)N(C(=O)O)C(C)(C)C. The number of benzene rings is 1. The zero-order valence-corrected chi connectivity index (χ0v) is 13.4. The van der Waals surface area contributed by atoms with E-state index in [1.807, 2.05) is 0 Å². The van der Waals surface area contributed by atoms with Crippen molar-refractivity contribution in [1.29, 1.82) is 0 Å². The van der Waals surface area contributed by atoms with Gasteiger partial charge in [0.15, 0.2) is 0 Å². The van der Waals surface area contributed by atoms with E-state index in [0.717, 1.165) is 6.07 Å². The molecule has 21 heavy (non-hydrogen) atoms. The Morgan fingerprint density at radius 2 is 1.76 bits per heavy atom. The summed E-state index contributed by atoms with van der Waals surface area (Å²) in [6, 6.07) is 3.42. The van der Waals surface area contributed by atoms with Crippen LogP contribution in [0.25, 0.3) is 0 Å². The first-order valence-electron chi connectivity index (χ1n) is 6.87. The summed E-state index contributed by atoms with van der Waals surface area (Å²) in [5, 5.41) is 9.36. The van der Waals surface area contributed by atoms with Crippen LogP contribution in [0.5, 0.6) is 0 Å². The first-order chi connectivity index (χ1) is 9.35. The monoisotopic (exact) mass is 299 g/mol. The maximum atomic E-state index is 14.3. The average Bonchev–Trinajstić information content (AvgIpc) is 2.24. The minimum Gasteiger partial charge on any atom is -0.465 e. The van der Waals surface area contributed by atoms with Crippen molar-refractivity contribution in [1.82, 2.24) is 4.90 Å². The Hall–Kier alpha value is -1.65. The maximum absolute atomic E-state index is 14.3. The van der Waals surface area contributed by atoms with E-state index < -0.39 is 29.2 Å². The molecule has 0 fully saturated rings. The van der Waals surface area contributed by atoms with Crippen LogP contribution >= 0.6 is 0 Å². The molecule has 0 aliphatic heterocycles. The van der Waals surface area contributed by atoms with Gasteiger partial charge < -0.3 is 5.11 Å². The summed E-state index contributed by atoms with van der Waals surface area (Å²) >= 11 is 0. The molecular weight excluding hydrogens is 276 g/mol. The lowest BCUT2D eigenvalue weighted by molar-refractivity contribution is 0.0742. The van der Waals surface area contributed by atoms with Crippen LogP contribution in [-0.2, 0) is 5.67 Å². The summed E-state index contributed by atoms with van der Waals surface area (Å²) in [4.78, 5) is 12.6. The van der Waals surface area contributed by atoms with Gasteiger partial charge in [0.1, 0.15) is 11.5 Å². The van der Waals surface area contributed by atoms with Crippen LogP contribution in [0.2, 0.25) is 0 Å². The summed E-state index contributed by atoms with van der Waals surface area (Å²) in [5.41, 5.74) is -1.84. The third-order valence-corrected chi connectivity index (χ3v) is 3.45. The third kappa shape index (κ3) is 3.93. The summed E-state index contributed by atoms with van der Waals surface area (Å²) in [7, 11) is 0. The standard InChI is InChI=1S/C16H23F2NO2/c1-10(19(14(20)21)15(2,3)4)12-8-7-11(9-13(12)17)16(5,6)18/h7-10H,1-6H3,(H,20,21). The van der Waals surface area contributed by atoms with Gasteiger partial charge in [-0.25, -0.2) is 13.6 Å². The van der Waals surface area contributed by atoms with Crippen molar-refractivity contribution in [3.05, 3.63) is 35.1 Å². The van der Waals surface area contributed by atoms with E-state index in [-0.39, 0.29) is 11.1 Å². The molecular formula is C16H23F2NO2. The van der Waals surface area contributed by atoms with Gasteiger partial charge in [-0.1, -0.05) is 12.1 Å². The fraction of sp³-hybridized carbons (Fsp3) is 0.562. The van der Waals surface area contributed by atoms with Gasteiger partial charge in [-0.15, -0.1) is 0 Å². The van der Waals surface area contributed by atoms with E-state index in [9.17, 15) is 18.7 Å². The highest BCUT2D eigenvalue weighted by molar-refractivity contribution is 5.66. The molecule has 1 aromatic carbocycles. The molecule has 0 bridgehead atoms. The first-order valence-corrected chi connectivity index (χ1v) is 6.87. The van der Waals surface area contributed by atoms with Crippen molar-refractivity contribution < 1.29 is 18.7 Å². The van der Waals surface area contributed by atoms with Crippen LogP contribution in [0.3, 0.4) is 0 Å². The van der Waals surface area contributed by atoms with Crippen molar-refractivity contribution >= 4 is 6.09 Å². The summed E-state index contributed by atoms with van der Waals surface area (Å²) < 4.78 is 28.1. The van der Waals surface area contributed by atoms with Crippen LogP contribution in [0.15, 0.2) is 18.2 Å². The molecule has 3 nitrogen and oxygen atoms in total. The lowest BCUT2D eigenvalue weighted by atomic mass is 9.94. The summed E-state index contributed by atoms with van der Waals surface area (Å²) in [6.07, 6.45) is -1.12. The highest BCUT2D eigenvalue weighted by Crippen LogP contribution is 2.32. The van der Waals surface area contributed by atoms with E-state index in [1.165, 1.54) is 30.9 Å². The molecule has 0 aromatic heterocycles. The highest BCUT2D eigenvalue weighted by Gasteiger charge is 2.33. The predicted octanol–water partition coefficient (Wildman–Crippen LogP) is 4.87. The second kappa shape index (κ2) is 5.62. The topological polar surface area (TPSA) is 40.5 Å². The van der Waals surface area contributed by atoms with Crippen molar-refractivity contribution in [2.45, 2.75) is 58.8 Å². The van der Waals surface area contributed by atoms with Crippen molar-refractivity contribution in [2.24, 2.45) is 0 Å². The molecule has 118 valence electrons. The Balaban J connectivity index is 3.24. The predicted molar refractivity (Wildman–Crippen MR) is 78.6 cm³/mol. The molecule has 0 saturated carbocycles. The quantitative estimate of drug-likeness (QED) is 0.865. The first kappa shape index (κ1) is 17.4. The zero-order valence-electron chi connectivity index (χ0n) is 13.4. The Morgan fingerprint density at radius 3 is 2.10 bits per heavy atom. The number of hydrogen-bond acceptors (Lipinski definition) is 1. The average molecular weight is 299 g/mol. The van der Waals surface area contributed by atoms with Gasteiger partial charge in [-0.05, 0) is 53.2 Å². The zero-order chi connectivity index (χ0) is 16.6. The van der Waals surface area contributed by atoms with Gasteiger partial charge in [0.25, 0.3) is 0 Å². The van der Waals surface area contributed by atoms with Crippen molar-refractivity contribution in [3.8, 4) is 0 Å². The molecule has 0 aliphatic carbocycles. The van der Waals surface area contributed by atoms with E-state index >= 15 is 0 Å². The van der Waals surface area contributed by atoms with Crippen LogP contribution in [0, 0.1) is 5.82 Å². The number of amides is 1. The molecule has 1 aromatic rings. The van der Waals surface area contributed by atoms with Gasteiger partial charge in [0, 0.05) is 11.1 Å². The highest BCUT2D eigenvalue weighted by atomic mass is 19.1. The number of carbonyl (C=O) groups is 1. The van der Waals surface area contributed by atoms with Crippen LogP contribution in [0.4, 0.5) is 13.6 Å².